The molecule has 0 aliphatic carbocycles. The molecule has 90 valence electrons. The normalized spacial score (nSPS) is 10.5. The fraction of sp³-hybridized carbons (Fsp3) is 0.231. The molecule has 0 fully saturated rings. The number of hydrogen-bond donors (Lipinski definition) is 1. The third-order valence-corrected chi connectivity index (χ3v) is 2.90. The minimum Gasteiger partial charge on any atom is -0.381 e. The predicted molar refractivity (Wildman–Crippen MR) is 68.8 cm³/mol. The highest BCUT2D eigenvalue weighted by atomic mass is 35.5. The molecule has 1 heterocycles. The number of hydrogen-bond acceptors (Lipinski definition) is 1. The predicted octanol–water partition coefficient (Wildman–Crippen LogP) is 3.91. The molecule has 0 spiro atoms. The van der Waals surface area contributed by atoms with Crippen molar-refractivity contribution in [2.75, 3.05) is 5.32 Å². The van der Waals surface area contributed by atoms with Crippen LogP contribution in [0.25, 0.3) is 0 Å². The van der Waals surface area contributed by atoms with Gasteiger partial charge in [-0.15, -0.1) is 0 Å². The number of nitrogens with one attached hydrogen (secondary N) is 1. The van der Waals surface area contributed by atoms with Gasteiger partial charge in [-0.2, -0.15) is 0 Å². The van der Waals surface area contributed by atoms with Crippen molar-refractivity contribution in [3.63, 3.8) is 0 Å². The van der Waals surface area contributed by atoms with E-state index >= 15 is 0 Å². The van der Waals surface area contributed by atoms with Crippen LogP contribution >= 0.6 is 11.6 Å². The highest BCUT2D eigenvalue weighted by Gasteiger charge is 2.01. The molecule has 0 saturated heterocycles. The molecule has 0 aliphatic heterocycles. The van der Waals surface area contributed by atoms with E-state index in [-0.39, 0.29) is 5.02 Å². The van der Waals surface area contributed by atoms with Crippen molar-refractivity contribution in [1.82, 2.24) is 4.57 Å². The van der Waals surface area contributed by atoms with Gasteiger partial charge in [0.2, 0.25) is 0 Å². The van der Waals surface area contributed by atoms with Crippen LogP contribution in [0.5, 0.6) is 0 Å². The molecule has 1 N–H and O–H groups in total. The monoisotopic (exact) mass is 252 g/mol. The Hall–Kier alpha value is -1.48. The van der Waals surface area contributed by atoms with Crippen molar-refractivity contribution < 1.29 is 4.39 Å². The Kier molecular flexibility index (Phi) is 3.69. The third kappa shape index (κ3) is 3.01. The highest BCUT2D eigenvalue weighted by molar-refractivity contribution is 6.30. The average Bonchev–Trinajstić information content (AvgIpc) is 2.79. The van der Waals surface area contributed by atoms with Gasteiger partial charge in [0.05, 0.1) is 5.02 Å². The maximum absolute atomic E-state index is 13.2. The molecule has 0 saturated carbocycles. The summed E-state index contributed by atoms with van der Waals surface area (Å²) in [7, 11) is 0. The molecule has 0 unspecified atom stereocenters. The standard InChI is InChI=1S/C13H14ClFN2/c1-2-17-6-5-10(9-17)8-16-11-3-4-12(14)13(15)7-11/h3-7,9,16H,2,8H2,1H3. The first-order valence-electron chi connectivity index (χ1n) is 5.52. The fourth-order valence-electron chi connectivity index (χ4n) is 1.60. The number of aryl methyl sites for hydroxylation is 1. The van der Waals surface area contributed by atoms with E-state index in [2.05, 4.69) is 23.0 Å². The molecule has 2 nitrogen and oxygen atoms in total. The summed E-state index contributed by atoms with van der Waals surface area (Å²) < 4.78 is 15.3. The molecule has 2 aromatic rings. The fourth-order valence-corrected chi connectivity index (χ4v) is 1.72. The van der Waals surface area contributed by atoms with Gasteiger partial charge in [-0.1, -0.05) is 11.6 Å². The Balaban J connectivity index is 1.99. The highest BCUT2D eigenvalue weighted by Crippen LogP contribution is 2.19. The van der Waals surface area contributed by atoms with Gasteiger partial charge in [0.15, 0.2) is 0 Å². The second-order valence-corrected chi connectivity index (χ2v) is 4.24. The number of aromatic nitrogens is 1. The quantitative estimate of drug-likeness (QED) is 0.873. The lowest BCUT2D eigenvalue weighted by Gasteiger charge is -2.05. The molecule has 0 atom stereocenters. The topological polar surface area (TPSA) is 17.0 Å². The lowest BCUT2D eigenvalue weighted by atomic mass is 10.3. The van der Waals surface area contributed by atoms with Crippen LogP contribution < -0.4 is 5.32 Å². The third-order valence-electron chi connectivity index (χ3n) is 2.59. The van der Waals surface area contributed by atoms with E-state index in [4.69, 9.17) is 11.6 Å². The largest absolute Gasteiger partial charge is 0.381 e. The van der Waals surface area contributed by atoms with Crippen LogP contribution in [0, 0.1) is 5.82 Å². The molecule has 17 heavy (non-hydrogen) atoms. The molecule has 0 bridgehead atoms. The van der Waals surface area contributed by atoms with Crippen molar-refractivity contribution in [2.24, 2.45) is 0 Å². The van der Waals surface area contributed by atoms with Crippen molar-refractivity contribution in [1.29, 1.82) is 0 Å². The van der Waals surface area contributed by atoms with Crippen LogP contribution in [-0.4, -0.2) is 4.57 Å². The SMILES string of the molecule is CCn1ccc(CNc2ccc(Cl)c(F)c2)c1. The summed E-state index contributed by atoms with van der Waals surface area (Å²) in [5.74, 6) is -0.400. The van der Waals surface area contributed by atoms with E-state index in [1.54, 1.807) is 12.1 Å². The van der Waals surface area contributed by atoms with Crippen LogP contribution in [-0.2, 0) is 13.1 Å². The maximum Gasteiger partial charge on any atom is 0.143 e. The summed E-state index contributed by atoms with van der Waals surface area (Å²) in [6, 6.07) is 6.76. The molecular weight excluding hydrogens is 239 g/mol. The zero-order chi connectivity index (χ0) is 12.3. The number of nitrogens with zero attached hydrogens (tertiary/aromatic N) is 1. The molecule has 0 aliphatic rings. The van der Waals surface area contributed by atoms with Crippen LogP contribution in [0.2, 0.25) is 5.02 Å². The minimum absolute atomic E-state index is 0.146. The second kappa shape index (κ2) is 5.23. The lowest BCUT2D eigenvalue weighted by molar-refractivity contribution is 0.628. The van der Waals surface area contributed by atoms with Gasteiger partial charge in [-0.3, -0.25) is 0 Å². The summed E-state index contributed by atoms with van der Waals surface area (Å²) in [6.45, 7) is 3.72. The summed E-state index contributed by atoms with van der Waals surface area (Å²) in [6.07, 6.45) is 4.10. The zero-order valence-corrected chi connectivity index (χ0v) is 10.3. The van der Waals surface area contributed by atoms with E-state index in [1.165, 1.54) is 11.6 Å². The van der Waals surface area contributed by atoms with E-state index in [1.807, 2.05) is 12.3 Å². The maximum atomic E-state index is 13.2. The first-order chi connectivity index (χ1) is 8.19. The Morgan fingerprint density at radius 3 is 2.82 bits per heavy atom. The Morgan fingerprint density at radius 2 is 2.18 bits per heavy atom. The average molecular weight is 253 g/mol. The van der Waals surface area contributed by atoms with E-state index in [0.29, 0.717) is 6.54 Å². The molecule has 4 heteroatoms. The van der Waals surface area contributed by atoms with Gasteiger partial charge in [0, 0.05) is 31.2 Å². The minimum atomic E-state index is -0.400. The van der Waals surface area contributed by atoms with Crippen molar-refractivity contribution in [2.45, 2.75) is 20.0 Å². The Bertz CT molecular complexity index is 508. The molecule has 1 aromatic heterocycles. The smallest absolute Gasteiger partial charge is 0.143 e. The first-order valence-corrected chi connectivity index (χ1v) is 5.90. The van der Waals surface area contributed by atoms with Gasteiger partial charge in [-0.05, 0) is 36.8 Å². The van der Waals surface area contributed by atoms with E-state index in [9.17, 15) is 4.39 Å². The van der Waals surface area contributed by atoms with Crippen LogP contribution in [0.3, 0.4) is 0 Å². The summed E-state index contributed by atoms with van der Waals surface area (Å²) >= 11 is 5.61. The summed E-state index contributed by atoms with van der Waals surface area (Å²) in [5, 5.41) is 3.30. The van der Waals surface area contributed by atoms with Crippen LogP contribution in [0.4, 0.5) is 10.1 Å². The second-order valence-electron chi connectivity index (χ2n) is 3.83. The molecular formula is C13H14ClFN2. The van der Waals surface area contributed by atoms with Crippen LogP contribution in [0.1, 0.15) is 12.5 Å². The number of anilines is 1. The van der Waals surface area contributed by atoms with E-state index < -0.39 is 5.82 Å². The van der Waals surface area contributed by atoms with Gasteiger partial charge in [0.25, 0.3) is 0 Å². The molecule has 0 amide bonds. The van der Waals surface area contributed by atoms with Crippen LogP contribution in [0.15, 0.2) is 36.7 Å². The van der Waals surface area contributed by atoms with E-state index in [0.717, 1.165) is 12.2 Å². The molecule has 0 radical (unpaired) electrons. The molecule has 1 aromatic carbocycles. The molecule has 2 rings (SSSR count). The van der Waals surface area contributed by atoms with Gasteiger partial charge >= 0.3 is 0 Å². The van der Waals surface area contributed by atoms with Gasteiger partial charge in [0.1, 0.15) is 5.82 Å². The number of halogens is 2. The first kappa shape index (κ1) is 12.0. The van der Waals surface area contributed by atoms with Gasteiger partial charge in [-0.25, -0.2) is 4.39 Å². The Labute approximate surface area is 105 Å². The summed E-state index contributed by atoms with van der Waals surface area (Å²) in [5.41, 5.74) is 1.90. The zero-order valence-electron chi connectivity index (χ0n) is 9.58. The lowest BCUT2D eigenvalue weighted by Crippen LogP contribution is -1.99. The summed E-state index contributed by atoms with van der Waals surface area (Å²) in [4.78, 5) is 0. The van der Waals surface area contributed by atoms with Crippen molar-refractivity contribution in [3.8, 4) is 0 Å². The van der Waals surface area contributed by atoms with Crippen molar-refractivity contribution >= 4 is 17.3 Å². The van der Waals surface area contributed by atoms with Crippen molar-refractivity contribution in [3.05, 3.63) is 53.1 Å². The number of rotatable bonds is 4. The van der Waals surface area contributed by atoms with Gasteiger partial charge < -0.3 is 9.88 Å². The Morgan fingerprint density at radius 1 is 1.35 bits per heavy atom. The number of benzene rings is 1.